The first-order chi connectivity index (χ1) is 13.5. The normalized spacial score (nSPS) is 14.5. The zero-order valence-corrected chi connectivity index (χ0v) is 15.3. The lowest BCUT2D eigenvalue weighted by molar-refractivity contribution is -0.125. The number of rotatable bonds is 4. The minimum absolute atomic E-state index is 0.166. The smallest absolute Gasteiger partial charge is 0.265 e. The summed E-state index contributed by atoms with van der Waals surface area (Å²) >= 11 is 0. The average Bonchev–Trinajstić information content (AvgIpc) is 3.27. The Hall–Kier alpha value is -3.59. The Morgan fingerprint density at radius 3 is 2.57 bits per heavy atom. The first-order valence-corrected chi connectivity index (χ1v) is 9.76. The number of carbonyl (C=O) groups excluding carboxylic acids is 2. The molecule has 0 fully saturated rings. The topological polar surface area (TPSA) is 109 Å². The van der Waals surface area contributed by atoms with Crippen LogP contribution in [0.5, 0.6) is 0 Å². The van der Waals surface area contributed by atoms with Crippen LogP contribution < -0.4 is 15.2 Å². The van der Waals surface area contributed by atoms with Gasteiger partial charge in [0.2, 0.25) is 0 Å². The van der Waals surface area contributed by atoms with E-state index in [4.69, 9.17) is 4.42 Å². The van der Waals surface area contributed by atoms with Crippen molar-refractivity contribution in [2.24, 2.45) is 0 Å². The SMILES string of the molecule is O=C(/C=C/c1ccco1)NNC(=O)CN1c2cccc3cccc(c23)S1(=O)=O. The molecule has 0 atom stereocenters. The van der Waals surface area contributed by atoms with Crippen LogP contribution in [0, 0.1) is 0 Å². The summed E-state index contributed by atoms with van der Waals surface area (Å²) in [5.74, 6) is -0.775. The van der Waals surface area contributed by atoms with Crippen molar-refractivity contribution in [1.29, 1.82) is 0 Å². The molecule has 2 amide bonds. The highest BCUT2D eigenvalue weighted by molar-refractivity contribution is 7.93. The molecule has 1 aliphatic rings. The van der Waals surface area contributed by atoms with Gasteiger partial charge in [0.05, 0.1) is 16.8 Å². The number of nitrogens with one attached hydrogen (secondary N) is 2. The minimum atomic E-state index is -3.84. The van der Waals surface area contributed by atoms with E-state index in [2.05, 4.69) is 10.9 Å². The Morgan fingerprint density at radius 1 is 1.04 bits per heavy atom. The molecule has 28 heavy (non-hydrogen) atoms. The number of anilines is 1. The van der Waals surface area contributed by atoms with Crippen molar-refractivity contribution in [2.75, 3.05) is 10.8 Å². The van der Waals surface area contributed by atoms with Gasteiger partial charge in [-0.1, -0.05) is 24.3 Å². The summed E-state index contributed by atoms with van der Waals surface area (Å²) in [5.41, 5.74) is 4.85. The summed E-state index contributed by atoms with van der Waals surface area (Å²) in [6.07, 6.45) is 4.08. The number of hydrogen-bond donors (Lipinski definition) is 2. The van der Waals surface area contributed by atoms with Gasteiger partial charge in [0.25, 0.3) is 21.8 Å². The van der Waals surface area contributed by atoms with Gasteiger partial charge in [-0.3, -0.25) is 24.7 Å². The molecule has 1 aliphatic heterocycles. The monoisotopic (exact) mass is 397 g/mol. The van der Waals surface area contributed by atoms with Crippen LogP contribution in [0.2, 0.25) is 0 Å². The standard InChI is InChI=1S/C19H15N3O5S/c23-17(10-9-14-6-3-11-27-14)20-21-18(24)12-22-15-7-1-4-13-5-2-8-16(19(13)15)28(22,25)26/h1-11H,12H2,(H,20,23)(H,21,24)/b10-9+. The largest absolute Gasteiger partial charge is 0.465 e. The third-order valence-electron chi connectivity index (χ3n) is 4.24. The molecule has 142 valence electrons. The Balaban J connectivity index is 1.45. The number of sulfonamides is 1. The van der Waals surface area contributed by atoms with Crippen molar-refractivity contribution in [2.45, 2.75) is 4.90 Å². The lowest BCUT2D eigenvalue weighted by atomic mass is 10.1. The van der Waals surface area contributed by atoms with Gasteiger partial charge < -0.3 is 4.42 Å². The quantitative estimate of drug-likeness (QED) is 0.515. The molecule has 2 aromatic carbocycles. The van der Waals surface area contributed by atoms with Crippen molar-refractivity contribution in [3.63, 3.8) is 0 Å². The fourth-order valence-electron chi connectivity index (χ4n) is 3.02. The number of amides is 2. The summed E-state index contributed by atoms with van der Waals surface area (Å²) in [7, 11) is -3.84. The van der Waals surface area contributed by atoms with Crippen molar-refractivity contribution in [1.82, 2.24) is 10.9 Å². The van der Waals surface area contributed by atoms with Gasteiger partial charge in [-0.2, -0.15) is 0 Å². The van der Waals surface area contributed by atoms with E-state index < -0.39 is 28.4 Å². The van der Waals surface area contributed by atoms with Crippen LogP contribution in [-0.4, -0.2) is 26.8 Å². The summed E-state index contributed by atoms with van der Waals surface area (Å²) in [6, 6.07) is 13.5. The maximum atomic E-state index is 12.8. The molecule has 1 aromatic heterocycles. The van der Waals surface area contributed by atoms with Crippen LogP contribution in [0.4, 0.5) is 5.69 Å². The number of nitrogens with zero attached hydrogens (tertiary/aromatic N) is 1. The van der Waals surface area contributed by atoms with Crippen LogP contribution in [0.25, 0.3) is 16.8 Å². The average molecular weight is 397 g/mol. The second-order valence-corrected chi connectivity index (χ2v) is 7.86. The Labute approximate surface area is 160 Å². The molecule has 0 unspecified atom stereocenters. The summed E-state index contributed by atoms with van der Waals surface area (Å²) in [5, 5.41) is 1.36. The van der Waals surface area contributed by atoms with E-state index in [9.17, 15) is 18.0 Å². The Bertz CT molecular complexity index is 1190. The number of furan rings is 1. The first-order valence-electron chi connectivity index (χ1n) is 8.32. The van der Waals surface area contributed by atoms with Crippen molar-refractivity contribution in [3.05, 3.63) is 66.6 Å². The predicted molar refractivity (Wildman–Crippen MR) is 103 cm³/mol. The van der Waals surface area contributed by atoms with Gasteiger partial charge in [-0.15, -0.1) is 0 Å². The minimum Gasteiger partial charge on any atom is -0.465 e. The summed E-state index contributed by atoms with van der Waals surface area (Å²) < 4.78 is 31.7. The molecule has 0 saturated heterocycles. The Kier molecular flexibility index (Phi) is 4.36. The molecular weight excluding hydrogens is 382 g/mol. The van der Waals surface area contributed by atoms with E-state index in [0.717, 1.165) is 9.69 Å². The van der Waals surface area contributed by atoms with Crippen LogP contribution in [0.15, 0.2) is 70.2 Å². The highest BCUT2D eigenvalue weighted by Gasteiger charge is 2.36. The molecular formula is C19H15N3O5S. The van der Waals surface area contributed by atoms with E-state index in [1.165, 1.54) is 24.5 Å². The van der Waals surface area contributed by atoms with Crippen LogP contribution >= 0.6 is 0 Å². The second-order valence-electron chi connectivity index (χ2n) is 6.03. The molecule has 0 spiro atoms. The zero-order chi connectivity index (χ0) is 19.7. The Morgan fingerprint density at radius 2 is 1.82 bits per heavy atom. The molecule has 2 N–H and O–H groups in total. The number of hydrazine groups is 1. The predicted octanol–water partition coefficient (Wildman–Crippen LogP) is 1.80. The lowest BCUT2D eigenvalue weighted by Gasteiger charge is -2.18. The lowest BCUT2D eigenvalue weighted by Crippen LogP contribution is -2.46. The van der Waals surface area contributed by atoms with Gasteiger partial charge in [-0.05, 0) is 35.7 Å². The molecule has 9 heteroatoms. The molecule has 4 rings (SSSR count). The van der Waals surface area contributed by atoms with E-state index in [1.807, 2.05) is 12.1 Å². The number of benzene rings is 2. The van der Waals surface area contributed by atoms with Gasteiger partial charge in [0, 0.05) is 11.5 Å². The molecule has 0 bridgehead atoms. The highest BCUT2D eigenvalue weighted by Crippen LogP contribution is 2.41. The van der Waals surface area contributed by atoms with Crippen LogP contribution in [0.1, 0.15) is 5.76 Å². The number of hydrogen-bond acceptors (Lipinski definition) is 5. The van der Waals surface area contributed by atoms with E-state index >= 15 is 0 Å². The molecule has 0 saturated carbocycles. The first kappa shape index (κ1) is 17.8. The number of carbonyl (C=O) groups is 2. The van der Waals surface area contributed by atoms with Crippen molar-refractivity contribution >= 4 is 44.4 Å². The molecule has 2 heterocycles. The van der Waals surface area contributed by atoms with E-state index in [-0.39, 0.29) is 4.90 Å². The highest BCUT2D eigenvalue weighted by atomic mass is 32.2. The molecule has 0 aliphatic carbocycles. The van der Waals surface area contributed by atoms with Crippen molar-refractivity contribution < 1.29 is 22.4 Å². The molecule has 3 aromatic rings. The zero-order valence-electron chi connectivity index (χ0n) is 14.5. The van der Waals surface area contributed by atoms with Gasteiger partial charge >= 0.3 is 0 Å². The van der Waals surface area contributed by atoms with Crippen LogP contribution in [0.3, 0.4) is 0 Å². The third-order valence-corrected chi connectivity index (χ3v) is 6.04. The second kappa shape index (κ2) is 6.86. The fourth-order valence-corrected chi connectivity index (χ4v) is 4.68. The van der Waals surface area contributed by atoms with E-state index in [1.54, 1.807) is 30.3 Å². The molecule has 8 nitrogen and oxygen atoms in total. The fraction of sp³-hybridized carbons (Fsp3) is 0.0526. The van der Waals surface area contributed by atoms with E-state index in [0.29, 0.717) is 16.8 Å². The van der Waals surface area contributed by atoms with Crippen LogP contribution in [-0.2, 0) is 19.6 Å². The molecule has 0 radical (unpaired) electrons. The van der Waals surface area contributed by atoms with Gasteiger partial charge in [-0.25, -0.2) is 8.42 Å². The van der Waals surface area contributed by atoms with Crippen molar-refractivity contribution in [3.8, 4) is 0 Å². The maximum absolute atomic E-state index is 12.8. The maximum Gasteiger partial charge on any atom is 0.265 e. The summed E-state index contributed by atoms with van der Waals surface area (Å²) in [4.78, 5) is 24.1. The third kappa shape index (κ3) is 3.12. The van der Waals surface area contributed by atoms with Gasteiger partial charge in [0.15, 0.2) is 0 Å². The van der Waals surface area contributed by atoms with Gasteiger partial charge in [0.1, 0.15) is 12.3 Å². The summed E-state index contributed by atoms with van der Waals surface area (Å²) in [6.45, 7) is -0.460.